The van der Waals surface area contributed by atoms with E-state index in [1.54, 1.807) is 24.3 Å². The molecule has 0 spiro atoms. The van der Waals surface area contributed by atoms with Gasteiger partial charge >= 0.3 is 0 Å². The third-order valence-electron chi connectivity index (χ3n) is 2.29. The van der Waals surface area contributed by atoms with Crippen LogP contribution in [-0.4, -0.2) is 15.0 Å². The molecule has 1 aromatic carbocycles. The lowest BCUT2D eigenvalue weighted by molar-refractivity contribution is 0.337. The third kappa shape index (κ3) is 4.88. The van der Waals surface area contributed by atoms with Crippen molar-refractivity contribution in [3.05, 3.63) is 36.2 Å². The maximum Gasteiger partial charge on any atom is 0.296 e. The fourth-order valence-corrected chi connectivity index (χ4v) is 2.19. The zero-order valence-electron chi connectivity index (χ0n) is 10.5. The molecule has 1 rings (SSSR count). The fraction of sp³-hybridized carbons (Fsp3) is 0.462. The highest BCUT2D eigenvalue weighted by atomic mass is 32.2. The first-order chi connectivity index (χ1) is 7.92. The summed E-state index contributed by atoms with van der Waals surface area (Å²) in [6.45, 7) is 6.19. The van der Waals surface area contributed by atoms with Gasteiger partial charge in [-0.1, -0.05) is 31.5 Å². The maximum atomic E-state index is 11.7. The third-order valence-corrected chi connectivity index (χ3v) is 3.58. The molecule has 0 aromatic heterocycles. The second kappa shape index (κ2) is 6.17. The monoisotopic (exact) mass is 255 g/mol. The standard InChI is InChI=1S/C13H19O3S/c1-11(2)5-4-10-16-17(14,15)13-8-6-12(3)7-9-13/h4,6-9,11H,5,10H2,1-3H3. The van der Waals surface area contributed by atoms with Gasteiger partial charge in [0, 0.05) is 0 Å². The molecule has 4 heteroatoms. The summed E-state index contributed by atoms with van der Waals surface area (Å²) in [6, 6.07) is 6.64. The van der Waals surface area contributed by atoms with E-state index in [2.05, 4.69) is 13.8 Å². The van der Waals surface area contributed by atoms with Gasteiger partial charge in [-0.05, 0) is 37.8 Å². The van der Waals surface area contributed by atoms with E-state index in [0.717, 1.165) is 12.0 Å². The van der Waals surface area contributed by atoms with E-state index >= 15 is 0 Å². The molecule has 0 unspecified atom stereocenters. The molecule has 1 aromatic rings. The van der Waals surface area contributed by atoms with E-state index < -0.39 is 10.1 Å². The molecule has 0 atom stereocenters. The predicted molar refractivity (Wildman–Crippen MR) is 68.1 cm³/mol. The lowest BCUT2D eigenvalue weighted by Gasteiger charge is -2.07. The Hall–Kier alpha value is -0.870. The lowest BCUT2D eigenvalue weighted by atomic mass is 10.1. The van der Waals surface area contributed by atoms with E-state index in [9.17, 15) is 8.42 Å². The molecule has 0 bridgehead atoms. The number of hydrogen-bond acceptors (Lipinski definition) is 3. The van der Waals surface area contributed by atoms with Gasteiger partial charge in [-0.25, -0.2) is 0 Å². The molecule has 0 saturated carbocycles. The van der Waals surface area contributed by atoms with Gasteiger partial charge in [0.05, 0.1) is 11.5 Å². The first kappa shape index (κ1) is 14.2. The number of hydrogen-bond donors (Lipinski definition) is 0. The van der Waals surface area contributed by atoms with Gasteiger partial charge in [-0.15, -0.1) is 0 Å². The van der Waals surface area contributed by atoms with E-state index in [1.807, 2.05) is 13.3 Å². The fourth-order valence-electron chi connectivity index (χ4n) is 1.31. The largest absolute Gasteiger partial charge is 0.296 e. The normalized spacial score (nSPS) is 12.0. The minimum atomic E-state index is -3.61. The van der Waals surface area contributed by atoms with Crippen molar-refractivity contribution >= 4 is 10.1 Å². The van der Waals surface area contributed by atoms with E-state index in [1.165, 1.54) is 0 Å². The van der Waals surface area contributed by atoms with Crippen LogP contribution in [0.1, 0.15) is 25.8 Å². The van der Waals surface area contributed by atoms with Crippen LogP contribution in [0.25, 0.3) is 0 Å². The Kier molecular flexibility index (Phi) is 5.15. The first-order valence-corrected chi connectivity index (χ1v) is 7.10. The van der Waals surface area contributed by atoms with E-state index in [4.69, 9.17) is 4.18 Å². The molecule has 0 aliphatic rings. The average Bonchev–Trinajstić information content (AvgIpc) is 2.25. The molecule has 0 fully saturated rings. The van der Waals surface area contributed by atoms with Crippen molar-refractivity contribution in [2.75, 3.05) is 6.61 Å². The van der Waals surface area contributed by atoms with Crippen molar-refractivity contribution < 1.29 is 12.6 Å². The smallest absolute Gasteiger partial charge is 0.266 e. The molecule has 17 heavy (non-hydrogen) atoms. The summed E-state index contributed by atoms with van der Waals surface area (Å²) < 4.78 is 28.4. The quantitative estimate of drug-likeness (QED) is 0.580. The number of aryl methyl sites for hydroxylation is 1. The molecular weight excluding hydrogens is 236 g/mol. The van der Waals surface area contributed by atoms with Gasteiger partial charge in [0.15, 0.2) is 0 Å². The first-order valence-electron chi connectivity index (χ1n) is 5.69. The molecule has 0 heterocycles. The second-order valence-corrected chi connectivity index (χ2v) is 6.09. The van der Waals surface area contributed by atoms with Gasteiger partial charge in [0.1, 0.15) is 0 Å². The molecule has 95 valence electrons. The van der Waals surface area contributed by atoms with Crippen LogP contribution in [0.2, 0.25) is 0 Å². The minimum Gasteiger partial charge on any atom is -0.266 e. The lowest BCUT2D eigenvalue weighted by Crippen LogP contribution is -2.08. The van der Waals surface area contributed by atoms with Crippen molar-refractivity contribution in [3.63, 3.8) is 0 Å². The second-order valence-electron chi connectivity index (χ2n) is 4.47. The summed E-state index contributed by atoms with van der Waals surface area (Å²) in [5.74, 6) is 0.515. The highest BCUT2D eigenvalue weighted by Gasteiger charge is 2.14. The van der Waals surface area contributed by atoms with Gasteiger partial charge in [0.25, 0.3) is 10.1 Å². The molecule has 0 aliphatic heterocycles. The minimum absolute atomic E-state index is 0.133. The van der Waals surface area contributed by atoms with Crippen LogP contribution in [-0.2, 0) is 14.3 Å². The summed E-state index contributed by atoms with van der Waals surface area (Å²) in [4.78, 5) is 0.209. The zero-order valence-corrected chi connectivity index (χ0v) is 11.3. The van der Waals surface area contributed by atoms with Crippen molar-refractivity contribution in [2.45, 2.75) is 32.1 Å². The maximum absolute atomic E-state index is 11.7. The number of rotatable bonds is 6. The Labute approximate surface area is 104 Å². The van der Waals surface area contributed by atoms with Crippen molar-refractivity contribution in [2.24, 2.45) is 5.92 Å². The molecule has 0 N–H and O–H groups in total. The van der Waals surface area contributed by atoms with Crippen LogP contribution < -0.4 is 0 Å². The summed E-state index contributed by atoms with van der Waals surface area (Å²) in [5.41, 5.74) is 1.02. The number of benzene rings is 1. The topological polar surface area (TPSA) is 43.4 Å². The molecule has 1 radical (unpaired) electrons. The zero-order chi connectivity index (χ0) is 12.9. The van der Waals surface area contributed by atoms with Gasteiger partial charge < -0.3 is 0 Å². The Morgan fingerprint density at radius 2 is 1.82 bits per heavy atom. The summed E-state index contributed by atoms with van der Waals surface area (Å²) in [6.07, 6.45) is 2.69. The van der Waals surface area contributed by atoms with E-state index in [-0.39, 0.29) is 11.5 Å². The van der Waals surface area contributed by atoms with Crippen LogP contribution in [0.4, 0.5) is 0 Å². The molecule has 0 saturated heterocycles. The molecule has 0 amide bonds. The Morgan fingerprint density at radius 3 is 2.35 bits per heavy atom. The van der Waals surface area contributed by atoms with Crippen molar-refractivity contribution in [1.82, 2.24) is 0 Å². The van der Waals surface area contributed by atoms with Crippen LogP contribution in [0.3, 0.4) is 0 Å². The Morgan fingerprint density at radius 1 is 1.24 bits per heavy atom. The van der Waals surface area contributed by atoms with E-state index in [0.29, 0.717) is 5.92 Å². The molecular formula is C13H19O3S. The summed E-state index contributed by atoms with van der Waals surface area (Å²) in [5, 5.41) is 0. The highest BCUT2D eigenvalue weighted by Crippen LogP contribution is 2.14. The van der Waals surface area contributed by atoms with Crippen LogP contribution >= 0.6 is 0 Å². The summed E-state index contributed by atoms with van der Waals surface area (Å²) >= 11 is 0. The Bertz CT molecular complexity index is 432. The van der Waals surface area contributed by atoms with Crippen LogP contribution in [0, 0.1) is 19.3 Å². The van der Waals surface area contributed by atoms with Crippen molar-refractivity contribution in [1.29, 1.82) is 0 Å². The average molecular weight is 255 g/mol. The predicted octanol–water partition coefficient (Wildman–Crippen LogP) is 2.95. The van der Waals surface area contributed by atoms with Crippen LogP contribution in [0.5, 0.6) is 0 Å². The van der Waals surface area contributed by atoms with Crippen LogP contribution in [0.15, 0.2) is 29.2 Å². The van der Waals surface area contributed by atoms with Gasteiger partial charge in [-0.3, -0.25) is 4.18 Å². The molecule has 3 nitrogen and oxygen atoms in total. The Balaban J connectivity index is 2.54. The summed E-state index contributed by atoms with van der Waals surface area (Å²) in [7, 11) is -3.61. The van der Waals surface area contributed by atoms with Gasteiger partial charge in [-0.2, -0.15) is 8.42 Å². The molecule has 0 aliphatic carbocycles. The van der Waals surface area contributed by atoms with Crippen molar-refractivity contribution in [3.8, 4) is 0 Å². The highest BCUT2D eigenvalue weighted by molar-refractivity contribution is 7.86. The SMILES string of the molecule is Cc1ccc(S(=O)(=O)OC[CH]CC(C)C)cc1. The van der Waals surface area contributed by atoms with Gasteiger partial charge in [0.2, 0.25) is 0 Å².